The predicted octanol–water partition coefficient (Wildman–Crippen LogP) is 1.73. The number of hydrogen-bond acceptors (Lipinski definition) is 8. The Kier molecular flexibility index (Phi) is 6.73. The number of anilines is 1. The maximum atomic E-state index is 12.9. The molecular weight excluding hydrogens is 468 g/mol. The van der Waals surface area contributed by atoms with Gasteiger partial charge in [0.15, 0.2) is 16.8 Å². The Hall–Kier alpha value is -2.89. The molecule has 174 valence electrons. The average Bonchev–Trinajstić information content (AvgIpc) is 3.46. The lowest BCUT2D eigenvalue weighted by Gasteiger charge is -2.15. The highest BCUT2D eigenvalue weighted by molar-refractivity contribution is 7.99. The number of ketones is 1. The number of aromatic nitrogens is 5. The average molecular weight is 491 g/mol. The molecule has 1 atom stereocenters. The van der Waals surface area contributed by atoms with Crippen molar-refractivity contribution < 1.29 is 9.53 Å². The van der Waals surface area contributed by atoms with Crippen molar-refractivity contribution >= 4 is 35.0 Å². The number of nitrogens with two attached hydrogens (primary N) is 1. The first-order valence-corrected chi connectivity index (χ1v) is 11.7. The summed E-state index contributed by atoms with van der Waals surface area (Å²) in [5.74, 6) is -0.110. The Bertz CT molecular complexity index is 1310. The molecule has 1 fully saturated rings. The zero-order chi connectivity index (χ0) is 23.7. The van der Waals surface area contributed by atoms with Crippen LogP contribution in [0.5, 0.6) is 0 Å². The smallest absolute Gasteiger partial charge is 0.332 e. The van der Waals surface area contributed by atoms with E-state index in [9.17, 15) is 14.4 Å². The second-order valence-corrected chi connectivity index (χ2v) is 9.12. The fraction of sp³-hybridized carbons (Fsp3) is 0.381. The summed E-state index contributed by atoms with van der Waals surface area (Å²) >= 11 is 7.17. The molecule has 1 aromatic carbocycles. The predicted molar refractivity (Wildman–Crippen MR) is 126 cm³/mol. The maximum Gasteiger partial charge on any atom is 0.332 e. The van der Waals surface area contributed by atoms with Gasteiger partial charge in [-0.25, -0.2) is 4.79 Å². The third-order valence-corrected chi connectivity index (χ3v) is 6.77. The minimum atomic E-state index is -0.719. The lowest BCUT2D eigenvalue weighted by Crippen LogP contribution is -2.41. The number of carbonyl (C=O) groups is 1. The molecule has 12 heteroatoms. The largest absolute Gasteiger partial charge is 0.384 e. The number of nitrogens with zero attached hydrogens (tertiary/aromatic N) is 5. The first kappa shape index (κ1) is 23.3. The van der Waals surface area contributed by atoms with Crippen LogP contribution in [0.4, 0.5) is 5.82 Å². The summed E-state index contributed by atoms with van der Waals surface area (Å²) in [4.78, 5) is 37.4. The second kappa shape index (κ2) is 9.54. The van der Waals surface area contributed by atoms with Gasteiger partial charge < -0.3 is 10.5 Å². The van der Waals surface area contributed by atoms with E-state index in [1.54, 1.807) is 12.1 Å². The molecule has 0 radical (unpaired) electrons. The summed E-state index contributed by atoms with van der Waals surface area (Å²) < 4.78 is 9.65. The molecular formula is C21H23ClN6O4S. The highest BCUT2D eigenvalue weighted by Gasteiger charge is 2.24. The quantitative estimate of drug-likeness (QED) is 0.392. The van der Waals surface area contributed by atoms with E-state index >= 15 is 0 Å². The van der Waals surface area contributed by atoms with Crippen LogP contribution in [0.1, 0.15) is 23.2 Å². The molecule has 0 amide bonds. The maximum absolute atomic E-state index is 12.9. The lowest BCUT2D eigenvalue weighted by molar-refractivity contribution is 0.0953. The van der Waals surface area contributed by atoms with Crippen molar-refractivity contribution in [3.63, 3.8) is 0 Å². The molecule has 0 spiro atoms. The van der Waals surface area contributed by atoms with Gasteiger partial charge in [0.25, 0.3) is 5.56 Å². The van der Waals surface area contributed by atoms with Crippen LogP contribution in [0.15, 0.2) is 39.0 Å². The van der Waals surface area contributed by atoms with Crippen LogP contribution in [-0.2, 0) is 25.4 Å². The molecule has 10 nitrogen and oxygen atoms in total. The molecule has 0 aliphatic carbocycles. The number of ether oxygens (including phenoxy) is 1. The molecule has 1 saturated heterocycles. The van der Waals surface area contributed by atoms with Gasteiger partial charge in [0.2, 0.25) is 0 Å². The fourth-order valence-corrected chi connectivity index (χ4v) is 4.63. The SMILES string of the molecule is Cn1c(N)c(C(=O)CSc2nnc(-c3ccc(Cl)cc3)n2C[C@H]2CCCO2)c(=O)n(C)c1=O. The van der Waals surface area contributed by atoms with E-state index in [-0.39, 0.29) is 23.2 Å². The van der Waals surface area contributed by atoms with E-state index in [2.05, 4.69) is 10.2 Å². The molecule has 0 saturated carbocycles. The topological polar surface area (TPSA) is 127 Å². The number of nitrogen functional groups attached to an aromatic ring is 1. The van der Waals surface area contributed by atoms with Gasteiger partial charge in [-0.3, -0.25) is 23.3 Å². The van der Waals surface area contributed by atoms with Crippen molar-refractivity contribution in [3.05, 3.63) is 55.7 Å². The number of thioether (sulfide) groups is 1. The van der Waals surface area contributed by atoms with Crippen LogP contribution in [0.2, 0.25) is 5.02 Å². The van der Waals surface area contributed by atoms with Gasteiger partial charge in [-0.15, -0.1) is 10.2 Å². The summed E-state index contributed by atoms with van der Waals surface area (Å²) in [6.45, 7) is 1.24. The van der Waals surface area contributed by atoms with Gasteiger partial charge >= 0.3 is 5.69 Å². The van der Waals surface area contributed by atoms with Crippen molar-refractivity contribution in [3.8, 4) is 11.4 Å². The summed E-state index contributed by atoms with van der Waals surface area (Å²) in [7, 11) is 2.72. The molecule has 1 aliphatic heterocycles. The molecule has 1 aliphatic rings. The first-order chi connectivity index (χ1) is 15.8. The molecule has 4 rings (SSSR count). The van der Waals surface area contributed by atoms with Crippen LogP contribution in [-0.4, -0.2) is 48.1 Å². The van der Waals surface area contributed by atoms with Crippen molar-refractivity contribution in [1.29, 1.82) is 0 Å². The van der Waals surface area contributed by atoms with E-state index in [1.165, 1.54) is 14.1 Å². The zero-order valence-electron chi connectivity index (χ0n) is 18.2. The van der Waals surface area contributed by atoms with Gasteiger partial charge in [0.05, 0.1) is 18.4 Å². The molecule has 3 heterocycles. The van der Waals surface area contributed by atoms with Gasteiger partial charge in [-0.1, -0.05) is 23.4 Å². The van der Waals surface area contributed by atoms with Crippen LogP contribution < -0.4 is 17.0 Å². The Morgan fingerprint density at radius 1 is 1.21 bits per heavy atom. The van der Waals surface area contributed by atoms with E-state index in [4.69, 9.17) is 22.1 Å². The van der Waals surface area contributed by atoms with Crippen LogP contribution in [0.3, 0.4) is 0 Å². The van der Waals surface area contributed by atoms with Crippen molar-refractivity contribution in [2.24, 2.45) is 14.1 Å². The Morgan fingerprint density at radius 2 is 1.94 bits per heavy atom. The summed E-state index contributed by atoms with van der Waals surface area (Å²) in [5.41, 5.74) is 5.22. The van der Waals surface area contributed by atoms with Gasteiger partial charge in [0.1, 0.15) is 11.4 Å². The number of benzene rings is 1. The fourth-order valence-electron chi connectivity index (χ4n) is 3.69. The molecule has 3 aromatic rings. The van der Waals surface area contributed by atoms with Gasteiger partial charge in [-0.2, -0.15) is 0 Å². The molecule has 2 aromatic heterocycles. The van der Waals surface area contributed by atoms with Crippen LogP contribution in [0.25, 0.3) is 11.4 Å². The Labute approximate surface area is 198 Å². The number of halogens is 1. The summed E-state index contributed by atoms with van der Waals surface area (Å²) in [6.07, 6.45) is 1.93. The highest BCUT2D eigenvalue weighted by Crippen LogP contribution is 2.28. The number of rotatable bonds is 7. The van der Waals surface area contributed by atoms with Crippen LogP contribution >= 0.6 is 23.4 Å². The van der Waals surface area contributed by atoms with Gasteiger partial charge in [-0.05, 0) is 37.1 Å². The number of Topliss-reactive ketones (excluding diaryl/α,β-unsaturated/α-hetero) is 1. The number of carbonyl (C=O) groups excluding carboxylic acids is 1. The van der Waals surface area contributed by atoms with Crippen LogP contribution in [0, 0.1) is 0 Å². The molecule has 2 N–H and O–H groups in total. The third-order valence-electron chi connectivity index (χ3n) is 5.55. The van der Waals surface area contributed by atoms with Crippen molar-refractivity contribution in [2.75, 3.05) is 18.1 Å². The standard InChI is InChI=1S/C21H23ClN6O4S/c1-26-17(23)16(19(30)27(2)21(26)31)15(29)11-33-20-25-24-18(12-5-7-13(22)8-6-12)28(20)10-14-4-3-9-32-14/h5-8,14H,3-4,9-11,23H2,1-2H3/t14-/m1/s1. The molecule has 0 bridgehead atoms. The third kappa shape index (κ3) is 4.61. The molecule has 33 heavy (non-hydrogen) atoms. The first-order valence-electron chi connectivity index (χ1n) is 10.3. The normalized spacial score (nSPS) is 15.8. The zero-order valence-corrected chi connectivity index (χ0v) is 19.7. The minimum absolute atomic E-state index is 0.0219. The summed E-state index contributed by atoms with van der Waals surface area (Å²) in [5, 5.41) is 9.74. The van der Waals surface area contributed by atoms with E-state index < -0.39 is 17.0 Å². The van der Waals surface area contributed by atoms with E-state index in [0.29, 0.717) is 29.2 Å². The Balaban J connectivity index is 1.63. The van der Waals surface area contributed by atoms with Crippen molar-refractivity contribution in [1.82, 2.24) is 23.9 Å². The lowest BCUT2D eigenvalue weighted by atomic mass is 10.2. The second-order valence-electron chi connectivity index (χ2n) is 7.74. The monoisotopic (exact) mass is 490 g/mol. The Morgan fingerprint density at radius 3 is 2.61 bits per heavy atom. The van der Waals surface area contributed by atoms with E-state index in [1.807, 2.05) is 16.7 Å². The van der Waals surface area contributed by atoms with Crippen molar-refractivity contribution in [2.45, 2.75) is 30.6 Å². The van der Waals surface area contributed by atoms with E-state index in [0.717, 1.165) is 39.3 Å². The molecule has 0 unspecified atom stereocenters. The highest BCUT2D eigenvalue weighted by atomic mass is 35.5. The van der Waals surface area contributed by atoms with Gasteiger partial charge in [0, 0.05) is 31.3 Å². The number of hydrogen-bond donors (Lipinski definition) is 1. The minimum Gasteiger partial charge on any atom is -0.384 e. The summed E-state index contributed by atoms with van der Waals surface area (Å²) in [6, 6.07) is 7.26.